The lowest BCUT2D eigenvalue weighted by atomic mass is 10.2. The highest BCUT2D eigenvalue weighted by Crippen LogP contribution is 2.20. The maximum Gasteiger partial charge on any atom is 0.0632 e. The minimum absolute atomic E-state index is 0.958. The lowest BCUT2D eigenvalue weighted by Gasteiger charge is -2.09. The van der Waals surface area contributed by atoms with Gasteiger partial charge in [-0.05, 0) is 69.3 Å². The summed E-state index contributed by atoms with van der Waals surface area (Å²) in [5.41, 5.74) is 5.76. The van der Waals surface area contributed by atoms with E-state index in [1.807, 2.05) is 12.3 Å². The Morgan fingerprint density at radius 3 is 2.27 bits per heavy atom. The fourth-order valence-electron chi connectivity index (χ4n) is 2.74. The Kier molecular flexibility index (Phi) is 3.96. The second kappa shape index (κ2) is 6.06. The molecular weight excluding hydrogens is 270 g/mol. The van der Waals surface area contributed by atoms with Crippen LogP contribution in [0.2, 0.25) is 0 Å². The first-order valence-electron chi connectivity index (χ1n) is 7.63. The average Bonchev–Trinajstić information content (AvgIpc) is 3.12. The summed E-state index contributed by atoms with van der Waals surface area (Å²) in [6.07, 6.45) is 3.99. The van der Waals surface area contributed by atoms with Crippen LogP contribution in [0.4, 0.5) is 5.69 Å². The standard InChI is InChI=1S/C19H21N3/c1-4-21-13-5-6-19(21)14-20-17-9-11-18(12-10-17)22-15(2)7-8-16(22)3/h5-14H,4H2,1-3H3. The smallest absolute Gasteiger partial charge is 0.0632 e. The van der Waals surface area contributed by atoms with Crippen molar-refractivity contribution in [2.24, 2.45) is 4.99 Å². The molecule has 0 unspecified atom stereocenters. The third kappa shape index (κ3) is 2.75. The van der Waals surface area contributed by atoms with Crippen LogP contribution < -0.4 is 0 Å². The summed E-state index contributed by atoms with van der Waals surface area (Å²) in [7, 11) is 0. The van der Waals surface area contributed by atoms with Crippen LogP contribution in [0, 0.1) is 13.8 Å². The van der Waals surface area contributed by atoms with E-state index in [0.29, 0.717) is 0 Å². The number of aliphatic imine (C=N–C) groups is 1. The van der Waals surface area contributed by atoms with Crippen molar-refractivity contribution >= 4 is 11.9 Å². The Balaban J connectivity index is 1.83. The molecule has 0 spiro atoms. The number of aromatic nitrogens is 2. The highest BCUT2D eigenvalue weighted by Gasteiger charge is 2.03. The summed E-state index contributed by atoms with van der Waals surface area (Å²) >= 11 is 0. The molecule has 0 aliphatic heterocycles. The van der Waals surface area contributed by atoms with Gasteiger partial charge in [-0.1, -0.05) is 0 Å². The predicted molar refractivity (Wildman–Crippen MR) is 92.6 cm³/mol. The molecule has 2 heterocycles. The van der Waals surface area contributed by atoms with Crippen LogP contribution in [0.3, 0.4) is 0 Å². The Bertz CT molecular complexity index is 769. The van der Waals surface area contributed by atoms with Gasteiger partial charge in [0.15, 0.2) is 0 Å². The molecule has 0 aliphatic carbocycles. The minimum Gasteiger partial charge on any atom is -0.347 e. The zero-order valence-corrected chi connectivity index (χ0v) is 13.3. The van der Waals surface area contributed by atoms with Crippen molar-refractivity contribution in [2.75, 3.05) is 0 Å². The maximum atomic E-state index is 4.57. The van der Waals surface area contributed by atoms with Gasteiger partial charge in [0.25, 0.3) is 0 Å². The first-order valence-corrected chi connectivity index (χ1v) is 7.63. The molecule has 3 nitrogen and oxygen atoms in total. The van der Waals surface area contributed by atoms with Gasteiger partial charge < -0.3 is 9.13 Å². The van der Waals surface area contributed by atoms with Crippen molar-refractivity contribution < 1.29 is 0 Å². The van der Waals surface area contributed by atoms with Crippen molar-refractivity contribution in [3.05, 3.63) is 71.8 Å². The maximum absolute atomic E-state index is 4.57. The fraction of sp³-hybridized carbons (Fsp3) is 0.211. The number of aryl methyl sites for hydroxylation is 3. The Morgan fingerprint density at radius 1 is 0.955 bits per heavy atom. The van der Waals surface area contributed by atoms with Crippen molar-refractivity contribution in [1.82, 2.24) is 9.13 Å². The summed E-state index contributed by atoms with van der Waals surface area (Å²) in [4.78, 5) is 4.57. The second-order valence-corrected chi connectivity index (χ2v) is 5.45. The number of benzene rings is 1. The Morgan fingerprint density at radius 2 is 1.64 bits per heavy atom. The molecule has 112 valence electrons. The number of hydrogen-bond donors (Lipinski definition) is 0. The summed E-state index contributed by atoms with van der Waals surface area (Å²) < 4.78 is 4.42. The first kappa shape index (κ1) is 14.4. The average molecular weight is 291 g/mol. The molecule has 22 heavy (non-hydrogen) atoms. The van der Waals surface area contributed by atoms with Crippen LogP contribution in [0.1, 0.15) is 24.0 Å². The third-order valence-electron chi connectivity index (χ3n) is 3.93. The number of rotatable bonds is 4. The van der Waals surface area contributed by atoms with E-state index < -0.39 is 0 Å². The molecule has 3 aromatic rings. The van der Waals surface area contributed by atoms with E-state index in [4.69, 9.17) is 0 Å². The molecule has 0 atom stereocenters. The third-order valence-corrected chi connectivity index (χ3v) is 3.93. The summed E-state index contributed by atoms with van der Waals surface area (Å²) in [6, 6.07) is 16.8. The van der Waals surface area contributed by atoms with E-state index >= 15 is 0 Å². The monoisotopic (exact) mass is 291 g/mol. The molecule has 0 amide bonds. The predicted octanol–water partition coefficient (Wildman–Crippen LogP) is 4.67. The van der Waals surface area contributed by atoms with Crippen molar-refractivity contribution in [1.29, 1.82) is 0 Å². The van der Waals surface area contributed by atoms with Gasteiger partial charge in [0, 0.05) is 29.8 Å². The molecule has 0 saturated heterocycles. The Hall–Kier alpha value is -2.55. The van der Waals surface area contributed by atoms with E-state index in [9.17, 15) is 0 Å². The number of hydrogen-bond acceptors (Lipinski definition) is 1. The van der Waals surface area contributed by atoms with Gasteiger partial charge >= 0.3 is 0 Å². The molecule has 0 aliphatic rings. The molecular formula is C19H21N3. The van der Waals surface area contributed by atoms with Crippen molar-refractivity contribution in [2.45, 2.75) is 27.3 Å². The Labute approximate surface area is 131 Å². The second-order valence-electron chi connectivity index (χ2n) is 5.45. The quantitative estimate of drug-likeness (QED) is 0.624. The molecule has 0 radical (unpaired) electrons. The van der Waals surface area contributed by atoms with Gasteiger partial charge in [-0.25, -0.2) is 0 Å². The van der Waals surface area contributed by atoms with Gasteiger partial charge in [0.1, 0.15) is 0 Å². The van der Waals surface area contributed by atoms with Gasteiger partial charge in [-0.15, -0.1) is 0 Å². The van der Waals surface area contributed by atoms with Crippen LogP contribution in [0.5, 0.6) is 0 Å². The van der Waals surface area contributed by atoms with Gasteiger partial charge in [0.2, 0.25) is 0 Å². The zero-order chi connectivity index (χ0) is 15.5. The molecule has 3 heteroatoms. The highest BCUT2D eigenvalue weighted by molar-refractivity contribution is 5.80. The normalized spacial score (nSPS) is 11.4. The summed E-state index contributed by atoms with van der Waals surface area (Å²) in [6.45, 7) is 7.34. The van der Waals surface area contributed by atoms with Crippen LogP contribution in [-0.4, -0.2) is 15.3 Å². The molecule has 0 bridgehead atoms. The molecule has 3 rings (SSSR count). The fourth-order valence-corrected chi connectivity index (χ4v) is 2.74. The van der Waals surface area contributed by atoms with Crippen LogP contribution in [0.15, 0.2) is 59.7 Å². The van der Waals surface area contributed by atoms with Gasteiger partial charge in [0.05, 0.1) is 17.6 Å². The zero-order valence-electron chi connectivity index (χ0n) is 13.3. The van der Waals surface area contributed by atoms with Gasteiger partial charge in [-0.2, -0.15) is 0 Å². The molecule has 2 aromatic heterocycles. The van der Waals surface area contributed by atoms with E-state index in [-0.39, 0.29) is 0 Å². The topological polar surface area (TPSA) is 22.2 Å². The van der Waals surface area contributed by atoms with E-state index in [0.717, 1.165) is 17.9 Å². The lowest BCUT2D eigenvalue weighted by molar-refractivity contribution is 0.764. The lowest BCUT2D eigenvalue weighted by Crippen LogP contribution is -1.98. The SMILES string of the molecule is CCn1cccc1C=Nc1ccc(-n2c(C)ccc2C)cc1. The van der Waals surface area contributed by atoms with Crippen LogP contribution in [-0.2, 0) is 6.54 Å². The highest BCUT2D eigenvalue weighted by atomic mass is 15.0. The molecule has 0 N–H and O–H groups in total. The number of nitrogens with zero attached hydrogens (tertiary/aromatic N) is 3. The largest absolute Gasteiger partial charge is 0.347 e. The summed E-state index contributed by atoms with van der Waals surface area (Å²) in [5, 5.41) is 0. The summed E-state index contributed by atoms with van der Waals surface area (Å²) in [5.74, 6) is 0. The minimum atomic E-state index is 0.958. The van der Waals surface area contributed by atoms with E-state index in [1.165, 1.54) is 17.1 Å². The van der Waals surface area contributed by atoms with E-state index in [1.54, 1.807) is 0 Å². The van der Waals surface area contributed by atoms with E-state index in [2.05, 4.69) is 83.6 Å². The molecule has 0 fully saturated rings. The van der Waals surface area contributed by atoms with Crippen molar-refractivity contribution in [3.8, 4) is 5.69 Å². The van der Waals surface area contributed by atoms with Gasteiger partial charge in [-0.3, -0.25) is 4.99 Å². The van der Waals surface area contributed by atoms with Crippen LogP contribution in [0.25, 0.3) is 5.69 Å². The van der Waals surface area contributed by atoms with Crippen molar-refractivity contribution in [3.63, 3.8) is 0 Å². The molecule has 1 aromatic carbocycles. The first-order chi connectivity index (χ1) is 10.7. The molecule has 0 saturated carbocycles. The van der Waals surface area contributed by atoms with Crippen LogP contribution >= 0.6 is 0 Å².